The summed E-state index contributed by atoms with van der Waals surface area (Å²) in [5, 5.41) is 7.19. The first-order chi connectivity index (χ1) is 9.74. The maximum atomic E-state index is 12.0. The lowest BCUT2D eigenvalue weighted by Crippen LogP contribution is -2.35. The third kappa shape index (κ3) is 2.82. The van der Waals surface area contributed by atoms with Crippen molar-refractivity contribution in [1.82, 2.24) is 14.7 Å². The highest BCUT2D eigenvalue weighted by Gasteiger charge is 2.24. The molecule has 6 nitrogen and oxygen atoms in total. The molecule has 0 radical (unpaired) electrons. The predicted octanol–water partition coefficient (Wildman–Crippen LogP) is 1.47. The van der Waals surface area contributed by atoms with Crippen LogP contribution in [-0.2, 0) is 9.59 Å². The van der Waals surface area contributed by atoms with Gasteiger partial charge in [-0.15, -0.1) is 11.8 Å². The van der Waals surface area contributed by atoms with Crippen LogP contribution >= 0.6 is 11.8 Å². The number of amides is 2. The van der Waals surface area contributed by atoms with E-state index in [2.05, 4.69) is 10.4 Å². The van der Waals surface area contributed by atoms with Gasteiger partial charge < -0.3 is 10.2 Å². The minimum absolute atomic E-state index is 0.0365. The van der Waals surface area contributed by atoms with Crippen LogP contribution < -0.4 is 5.32 Å². The predicted molar refractivity (Wildman–Crippen MR) is 77.4 cm³/mol. The zero-order chi connectivity index (χ0) is 13.9. The van der Waals surface area contributed by atoms with Crippen molar-refractivity contribution in [2.75, 3.05) is 23.5 Å². The van der Waals surface area contributed by atoms with Crippen molar-refractivity contribution in [3.8, 4) is 0 Å². The van der Waals surface area contributed by atoms with E-state index in [0.29, 0.717) is 17.7 Å². The van der Waals surface area contributed by atoms with Crippen molar-refractivity contribution < 1.29 is 9.59 Å². The molecule has 0 atom stereocenters. The maximum absolute atomic E-state index is 12.0. The van der Waals surface area contributed by atoms with E-state index in [1.54, 1.807) is 22.9 Å². The molecule has 0 aromatic carbocycles. The number of thioether (sulfide) groups is 1. The number of hydrogen-bond donors (Lipinski definition) is 1. The monoisotopic (exact) mass is 294 g/mol. The Bertz CT molecular complexity index is 510. The van der Waals surface area contributed by atoms with E-state index in [4.69, 9.17) is 0 Å². The van der Waals surface area contributed by atoms with Crippen molar-refractivity contribution in [3.05, 3.63) is 12.3 Å². The van der Waals surface area contributed by atoms with Crippen LogP contribution in [0.4, 0.5) is 5.82 Å². The first-order valence-electron chi connectivity index (χ1n) is 6.93. The van der Waals surface area contributed by atoms with Gasteiger partial charge in [0.2, 0.25) is 11.8 Å². The highest BCUT2D eigenvalue weighted by molar-refractivity contribution is 8.00. The SMILES string of the molecule is O=C(CN1CSCC1=O)Nc1ccnn1C1CCCC1. The van der Waals surface area contributed by atoms with Gasteiger partial charge in [0.05, 0.1) is 23.9 Å². The normalized spacial score (nSPS) is 19.8. The lowest BCUT2D eigenvalue weighted by molar-refractivity contribution is -0.130. The van der Waals surface area contributed by atoms with Gasteiger partial charge in [-0.1, -0.05) is 12.8 Å². The summed E-state index contributed by atoms with van der Waals surface area (Å²) in [6.45, 7) is 0.127. The van der Waals surface area contributed by atoms with Crippen LogP contribution in [0.15, 0.2) is 12.3 Å². The summed E-state index contributed by atoms with van der Waals surface area (Å²) in [6.07, 6.45) is 6.39. The molecular formula is C13H18N4O2S. The van der Waals surface area contributed by atoms with Crippen LogP contribution in [0.1, 0.15) is 31.7 Å². The minimum Gasteiger partial charge on any atom is -0.323 e. The number of anilines is 1. The molecule has 1 aromatic heterocycles. The van der Waals surface area contributed by atoms with Crippen LogP contribution in [0.2, 0.25) is 0 Å². The molecule has 20 heavy (non-hydrogen) atoms. The largest absolute Gasteiger partial charge is 0.323 e. The zero-order valence-corrected chi connectivity index (χ0v) is 12.1. The average Bonchev–Trinajstić information content (AvgIpc) is 3.11. The smallest absolute Gasteiger partial charge is 0.245 e. The number of carbonyl (C=O) groups excluding carboxylic acids is 2. The van der Waals surface area contributed by atoms with Gasteiger partial charge >= 0.3 is 0 Å². The molecule has 1 saturated carbocycles. The zero-order valence-electron chi connectivity index (χ0n) is 11.2. The van der Waals surface area contributed by atoms with E-state index in [1.165, 1.54) is 12.8 Å². The average molecular weight is 294 g/mol. The molecule has 1 aliphatic heterocycles. The van der Waals surface area contributed by atoms with E-state index in [9.17, 15) is 9.59 Å². The highest BCUT2D eigenvalue weighted by atomic mass is 32.2. The number of hydrogen-bond acceptors (Lipinski definition) is 4. The Morgan fingerprint density at radius 1 is 1.45 bits per heavy atom. The van der Waals surface area contributed by atoms with E-state index in [0.717, 1.165) is 18.7 Å². The fourth-order valence-electron chi connectivity index (χ4n) is 2.75. The molecule has 1 aromatic rings. The number of nitrogens with one attached hydrogen (secondary N) is 1. The van der Waals surface area contributed by atoms with Crippen molar-refractivity contribution in [2.24, 2.45) is 0 Å². The molecule has 0 spiro atoms. The molecule has 1 N–H and O–H groups in total. The first kappa shape index (κ1) is 13.5. The summed E-state index contributed by atoms with van der Waals surface area (Å²) in [5.74, 6) is 1.71. The molecule has 2 amide bonds. The van der Waals surface area contributed by atoms with Gasteiger partial charge in [0.25, 0.3) is 0 Å². The van der Waals surface area contributed by atoms with Crippen molar-refractivity contribution in [3.63, 3.8) is 0 Å². The van der Waals surface area contributed by atoms with Gasteiger partial charge in [0, 0.05) is 6.07 Å². The Balaban J connectivity index is 1.61. The van der Waals surface area contributed by atoms with Gasteiger partial charge in [-0.3, -0.25) is 9.59 Å². The molecule has 108 valence electrons. The van der Waals surface area contributed by atoms with E-state index in [-0.39, 0.29) is 18.4 Å². The Labute approximate surface area is 121 Å². The van der Waals surface area contributed by atoms with Crippen LogP contribution in [-0.4, -0.2) is 44.7 Å². The standard InChI is InChI=1S/C13H18N4O2S/c18-12(7-16-9-20-8-13(16)19)15-11-5-6-14-17(11)10-3-1-2-4-10/h5-6,10H,1-4,7-9H2,(H,15,18). The molecule has 7 heteroatoms. The van der Waals surface area contributed by atoms with Crippen LogP contribution in [0.5, 0.6) is 0 Å². The maximum Gasteiger partial charge on any atom is 0.245 e. The topological polar surface area (TPSA) is 67.2 Å². The minimum atomic E-state index is -0.152. The summed E-state index contributed by atoms with van der Waals surface area (Å²) in [6, 6.07) is 2.21. The molecular weight excluding hydrogens is 276 g/mol. The van der Waals surface area contributed by atoms with Crippen LogP contribution in [0.3, 0.4) is 0 Å². The second kappa shape index (κ2) is 5.87. The summed E-state index contributed by atoms with van der Waals surface area (Å²) < 4.78 is 1.91. The summed E-state index contributed by atoms with van der Waals surface area (Å²) in [7, 11) is 0. The second-order valence-corrected chi connectivity index (χ2v) is 6.17. The quantitative estimate of drug-likeness (QED) is 0.913. The van der Waals surface area contributed by atoms with E-state index in [1.807, 2.05) is 10.7 Å². The molecule has 3 rings (SSSR count). The number of nitrogens with zero attached hydrogens (tertiary/aromatic N) is 3. The molecule has 2 heterocycles. The highest BCUT2D eigenvalue weighted by Crippen LogP contribution is 2.31. The molecule has 1 aliphatic carbocycles. The third-order valence-electron chi connectivity index (χ3n) is 3.77. The van der Waals surface area contributed by atoms with Gasteiger partial charge in [-0.25, -0.2) is 4.68 Å². The number of aromatic nitrogens is 2. The Kier molecular flexibility index (Phi) is 3.95. The fourth-order valence-corrected chi connectivity index (χ4v) is 3.65. The van der Waals surface area contributed by atoms with Crippen molar-refractivity contribution in [1.29, 1.82) is 0 Å². The lowest BCUT2D eigenvalue weighted by Gasteiger charge is -2.17. The van der Waals surface area contributed by atoms with Gasteiger partial charge in [0.1, 0.15) is 12.4 Å². The summed E-state index contributed by atoms with van der Waals surface area (Å²) in [5.41, 5.74) is 0. The Morgan fingerprint density at radius 3 is 2.95 bits per heavy atom. The molecule has 1 saturated heterocycles. The molecule has 2 fully saturated rings. The summed E-state index contributed by atoms with van der Waals surface area (Å²) >= 11 is 1.54. The van der Waals surface area contributed by atoms with Gasteiger partial charge in [0.15, 0.2) is 0 Å². The second-order valence-electron chi connectivity index (χ2n) is 5.22. The van der Waals surface area contributed by atoms with Crippen LogP contribution in [0.25, 0.3) is 0 Å². The number of rotatable bonds is 4. The number of carbonyl (C=O) groups is 2. The van der Waals surface area contributed by atoms with Gasteiger partial charge in [-0.05, 0) is 12.8 Å². The third-order valence-corrected chi connectivity index (χ3v) is 4.71. The first-order valence-corrected chi connectivity index (χ1v) is 8.08. The fraction of sp³-hybridized carbons (Fsp3) is 0.615. The molecule has 0 bridgehead atoms. The van der Waals surface area contributed by atoms with Crippen molar-refractivity contribution >= 4 is 29.4 Å². The lowest BCUT2D eigenvalue weighted by atomic mass is 10.2. The van der Waals surface area contributed by atoms with E-state index >= 15 is 0 Å². The Hall–Kier alpha value is -1.50. The van der Waals surface area contributed by atoms with Gasteiger partial charge in [-0.2, -0.15) is 5.10 Å². The Morgan fingerprint density at radius 2 is 2.25 bits per heavy atom. The van der Waals surface area contributed by atoms with Crippen molar-refractivity contribution in [2.45, 2.75) is 31.7 Å². The van der Waals surface area contributed by atoms with E-state index < -0.39 is 0 Å². The molecule has 2 aliphatic rings. The van der Waals surface area contributed by atoms with Crippen LogP contribution in [0, 0.1) is 0 Å². The molecule has 0 unspecified atom stereocenters. The summed E-state index contributed by atoms with van der Waals surface area (Å²) in [4.78, 5) is 25.1.